The zero-order valence-corrected chi connectivity index (χ0v) is 17.2. The molecule has 0 saturated carbocycles. The minimum Gasteiger partial charge on any atom is -0.726 e. The van der Waals surface area contributed by atoms with Gasteiger partial charge in [0.25, 0.3) is 0 Å². The molecular formula is C16H27NO6S2. The van der Waals surface area contributed by atoms with Crippen LogP contribution in [0.15, 0.2) is 23.1 Å². The number of carbonyl (C=O) groups is 1. The molecule has 0 aliphatic carbocycles. The predicted octanol–water partition coefficient (Wildman–Crippen LogP) is 2.42. The summed E-state index contributed by atoms with van der Waals surface area (Å²) in [6, 6.07) is 6.16. The van der Waals surface area contributed by atoms with E-state index in [9.17, 15) is 17.8 Å². The van der Waals surface area contributed by atoms with Gasteiger partial charge in [-0.05, 0) is 30.5 Å². The fourth-order valence-electron chi connectivity index (χ4n) is 1.66. The lowest BCUT2D eigenvalue weighted by molar-refractivity contribution is 0.171. The maximum atomic E-state index is 11.7. The van der Waals surface area contributed by atoms with Crippen LogP contribution in [-0.4, -0.2) is 57.7 Å². The van der Waals surface area contributed by atoms with Crippen LogP contribution in [0.3, 0.4) is 0 Å². The van der Waals surface area contributed by atoms with Gasteiger partial charge in [0.1, 0.15) is 18.3 Å². The number of nitrogens with zero attached hydrogens (tertiary/aromatic N) is 1. The maximum absolute atomic E-state index is 11.7. The molecule has 144 valence electrons. The summed E-state index contributed by atoms with van der Waals surface area (Å²) in [5.74, 6) is 0.696. The highest BCUT2D eigenvalue weighted by molar-refractivity contribution is 7.95. The summed E-state index contributed by atoms with van der Waals surface area (Å²) >= 11 is 0. The standard InChI is InChI=1S/C15H24NO2S.CH4O4S/c1-6-7-8-12-11-13(19(4)5)9-10-14(12)18-15(17)16(2)3;1-5-6(2,3)4/h9-11H,6-8H2,1-5H3;1H3,(H,2,3,4)/q+1;/p-1. The molecule has 0 atom stereocenters. The van der Waals surface area contributed by atoms with Gasteiger partial charge in [-0.2, -0.15) is 0 Å². The third-order valence-corrected chi connectivity index (χ3v) is 4.67. The van der Waals surface area contributed by atoms with E-state index in [1.165, 1.54) is 9.80 Å². The van der Waals surface area contributed by atoms with Crippen molar-refractivity contribution in [2.75, 3.05) is 33.7 Å². The molecule has 0 N–H and O–H groups in total. The normalized spacial score (nSPS) is 10.9. The number of aryl methyl sites for hydroxylation is 1. The van der Waals surface area contributed by atoms with Crippen molar-refractivity contribution in [3.8, 4) is 5.75 Å². The number of hydrogen-bond acceptors (Lipinski definition) is 6. The third kappa shape index (κ3) is 10.3. The van der Waals surface area contributed by atoms with E-state index in [2.05, 4.69) is 35.8 Å². The lowest BCUT2D eigenvalue weighted by Gasteiger charge is -2.14. The van der Waals surface area contributed by atoms with Gasteiger partial charge in [-0.3, -0.25) is 4.18 Å². The van der Waals surface area contributed by atoms with Gasteiger partial charge in [0.15, 0.2) is 4.90 Å². The minimum absolute atomic E-state index is 0.225. The first-order valence-corrected chi connectivity index (χ1v) is 11.0. The quantitative estimate of drug-likeness (QED) is 0.418. The Morgan fingerprint density at radius 1 is 1.28 bits per heavy atom. The Labute approximate surface area is 153 Å². The topological polar surface area (TPSA) is 96.0 Å². The van der Waals surface area contributed by atoms with Crippen LogP contribution >= 0.6 is 0 Å². The second-order valence-corrected chi connectivity index (χ2v) is 8.78. The molecule has 0 radical (unpaired) electrons. The number of unbranched alkanes of at least 4 members (excludes halogenated alkanes) is 1. The van der Waals surface area contributed by atoms with Gasteiger partial charge in [0.05, 0.1) is 7.11 Å². The number of amides is 1. The number of rotatable bonds is 6. The molecular weight excluding hydrogens is 366 g/mol. The molecule has 7 nitrogen and oxygen atoms in total. The Balaban J connectivity index is 0.000000823. The average molecular weight is 394 g/mol. The smallest absolute Gasteiger partial charge is 0.414 e. The first-order valence-electron chi connectivity index (χ1n) is 7.62. The van der Waals surface area contributed by atoms with Crippen LogP contribution in [0.2, 0.25) is 0 Å². The van der Waals surface area contributed by atoms with E-state index in [1.54, 1.807) is 14.1 Å². The molecule has 1 aromatic carbocycles. The lowest BCUT2D eigenvalue weighted by atomic mass is 10.1. The summed E-state index contributed by atoms with van der Waals surface area (Å²) in [5, 5.41) is 0. The number of carbonyl (C=O) groups excluding carboxylic acids is 1. The monoisotopic (exact) mass is 393 g/mol. The molecule has 0 saturated heterocycles. The van der Waals surface area contributed by atoms with E-state index in [0.29, 0.717) is 5.75 Å². The van der Waals surface area contributed by atoms with Crippen LogP contribution in [0.4, 0.5) is 4.79 Å². The fourth-order valence-corrected chi connectivity index (χ4v) is 2.38. The van der Waals surface area contributed by atoms with E-state index >= 15 is 0 Å². The largest absolute Gasteiger partial charge is 0.726 e. The van der Waals surface area contributed by atoms with Crippen molar-refractivity contribution >= 4 is 27.4 Å². The molecule has 25 heavy (non-hydrogen) atoms. The van der Waals surface area contributed by atoms with Gasteiger partial charge in [-0.25, -0.2) is 13.2 Å². The lowest BCUT2D eigenvalue weighted by Crippen LogP contribution is -2.25. The Bertz CT molecular complexity index is 644. The number of ether oxygens (including phenoxy) is 1. The zero-order chi connectivity index (χ0) is 19.6. The van der Waals surface area contributed by atoms with Crippen LogP contribution in [-0.2, 0) is 31.9 Å². The van der Waals surface area contributed by atoms with Crippen molar-refractivity contribution in [3.05, 3.63) is 23.8 Å². The molecule has 0 unspecified atom stereocenters. The van der Waals surface area contributed by atoms with E-state index in [1.807, 2.05) is 6.07 Å². The van der Waals surface area contributed by atoms with E-state index in [4.69, 9.17) is 4.74 Å². The van der Waals surface area contributed by atoms with Crippen molar-refractivity contribution < 1.29 is 26.7 Å². The van der Waals surface area contributed by atoms with Gasteiger partial charge >= 0.3 is 6.09 Å². The fraction of sp³-hybridized carbons (Fsp3) is 0.562. The first kappa shape index (κ1) is 23.7. The SMILES string of the molecule is CCCCc1cc([S+](C)C)ccc1OC(=O)N(C)C.COS(=O)(=O)[O-]. The van der Waals surface area contributed by atoms with Crippen LogP contribution in [0.5, 0.6) is 5.75 Å². The highest BCUT2D eigenvalue weighted by atomic mass is 32.3. The zero-order valence-electron chi connectivity index (χ0n) is 15.6. The second kappa shape index (κ2) is 11.3. The Kier molecular flexibility index (Phi) is 10.8. The van der Waals surface area contributed by atoms with E-state index in [0.717, 1.165) is 31.9 Å². The van der Waals surface area contributed by atoms with Gasteiger partial charge in [0.2, 0.25) is 10.4 Å². The summed E-state index contributed by atoms with van der Waals surface area (Å²) in [6.45, 7) is 2.17. The van der Waals surface area contributed by atoms with Crippen molar-refractivity contribution in [1.29, 1.82) is 0 Å². The summed E-state index contributed by atoms with van der Waals surface area (Å²) in [5.41, 5.74) is 1.13. The van der Waals surface area contributed by atoms with Crippen LogP contribution in [0.25, 0.3) is 0 Å². The molecule has 0 spiro atoms. The predicted molar refractivity (Wildman–Crippen MR) is 99.0 cm³/mol. The minimum atomic E-state index is -4.41. The second-order valence-electron chi connectivity index (χ2n) is 5.53. The van der Waals surface area contributed by atoms with Crippen molar-refractivity contribution in [3.63, 3.8) is 0 Å². The van der Waals surface area contributed by atoms with Gasteiger partial charge in [0, 0.05) is 31.1 Å². The molecule has 0 aromatic heterocycles. The molecule has 0 aliphatic heterocycles. The number of hydrogen-bond donors (Lipinski definition) is 0. The van der Waals surface area contributed by atoms with Gasteiger partial charge in [-0.15, -0.1) is 0 Å². The summed E-state index contributed by atoms with van der Waals surface area (Å²) < 4.78 is 36.4. The third-order valence-electron chi connectivity index (χ3n) is 3.07. The highest BCUT2D eigenvalue weighted by Gasteiger charge is 2.15. The average Bonchev–Trinajstić information content (AvgIpc) is 2.53. The van der Waals surface area contributed by atoms with Crippen molar-refractivity contribution in [2.24, 2.45) is 0 Å². The summed E-state index contributed by atoms with van der Waals surface area (Å²) in [6.07, 6.45) is 7.27. The molecule has 1 aromatic rings. The van der Waals surface area contributed by atoms with Crippen LogP contribution in [0, 0.1) is 0 Å². The Morgan fingerprint density at radius 3 is 2.24 bits per heavy atom. The van der Waals surface area contributed by atoms with Gasteiger partial charge in [-0.1, -0.05) is 13.3 Å². The van der Waals surface area contributed by atoms with Crippen LogP contribution < -0.4 is 4.74 Å². The van der Waals surface area contributed by atoms with Crippen molar-refractivity contribution in [1.82, 2.24) is 4.90 Å². The molecule has 0 fully saturated rings. The molecule has 0 bridgehead atoms. The van der Waals surface area contributed by atoms with E-state index in [-0.39, 0.29) is 17.0 Å². The molecule has 1 amide bonds. The van der Waals surface area contributed by atoms with Gasteiger partial charge < -0.3 is 14.2 Å². The van der Waals surface area contributed by atoms with Crippen LogP contribution in [0.1, 0.15) is 25.3 Å². The summed E-state index contributed by atoms with van der Waals surface area (Å²) in [4.78, 5) is 14.4. The number of benzene rings is 1. The Hall–Kier alpha value is -1.29. The van der Waals surface area contributed by atoms with Crippen molar-refractivity contribution in [2.45, 2.75) is 31.1 Å². The molecule has 0 heterocycles. The molecule has 9 heteroatoms. The highest BCUT2D eigenvalue weighted by Crippen LogP contribution is 2.25. The maximum Gasteiger partial charge on any atom is 0.414 e. The first-order chi connectivity index (χ1) is 11.5. The Morgan fingerprint density at radius 2 is 1.84 bits per heavy atom. The molecule has 0 aliphatic rings. The summed E-state index contributed by atoms with van der Waals surface area (Å²) in [7, 11) is 0.00518. The van der Waals surface area contributed by atoms with E-state index < -0.39 is 10.4 Å². The molecule has 1 rings (SSSR count).